The molecule has 0 amide bonds. The number of rotatable bonds is 11. The molecule has 2 atom stereocenters. The lowest BCUT2D eigenvalue weighted by Gasteiger charge is -2.40. The molecule has 3 aliphatic carbocycles. The summed E-state index contributed by atoms with van der Waals surface area (Å²) < 4.78 is 0. The maximum atomic E-state index is 4.17. The molecule has 0 aliphatic heterocycles. The predicted molar refractivity (Wildman–Crippen MR) is 156 cm³/mol. The number of benzene rings is 1. The van der Waals surface area contributed by atoms with Gasteiger partial charge in [-0.2, -0.15) is 0 Å². The van der Waals surface area contributed by atoms with E-state index in [0.717, 1.165) is 12.8 Å². The molecule has 182 valence electrons. The van der Waals surface area contributed by atoms with Crippen LogP contribution in [0.25, 0.3) is 6.08 Å². The minimum atomic E-state index is -1.71. The normalized spacial score (nSPS) is 21.0. The summed E-state index contributed by atoms with van der Waals surface area (Å²) in [4.78, 5) is 4.17. The highest BCUT2D eigenvalue weighted by Crippen LogP contribution is 2.40. The highest BCUT2D eigenvalue weighted by Gasteiger charge is 2.41. The van der Waals surface area contributed by atoms with Crippen molar-refractivity contribution >= 4 is 22.4 Å². The van der Waals surface area contributed by atoms with Crippen molar-refractivity contribution < 1.29 is 0 Å². The number of unbranched alkanes of at least 4 members (excludes halogenated alkanes) is 3. The van der Waals surface area contributed by atoms with Crippen molar-refractivity contribution in [2.24, 2.45) is 0 Å². The average molecular weight is 488 g/mol. The molecule has 0 radical (unpaired) electrons. The van der Waals surface area contributed by atoms with E-state index >= 15 is 0 Å². The molecule has 0 fully saturated rings. The van der Waals surface area contributed by atoms with E-state index in [9.17, 15) is 0 Å². The van der Waals surface area contributed by atoms with E-state index in [1.165, 1.54) is 43.3 Å². The highest BCUT2D eigenvalue weighted by molar-refractivity contribution is 6.92. The Labute approximate surface area is 210 Å². The molecule has 1 aromatic rings. The van der Waals surface area contributed by atoms with Crippen LogP contribution in [0.3, 0.4) is 0 Å². The third kappa shape index (κ3) is 5.75. The molecule has 2 unspecified atom stereocenters. The molecule has 34 heavy (non-hydrogen) atoms. The van der Waals surface area contributed by atoms with E-state index in [1.807, 2.05) is 0 Å². The lowest BCUT2D eigenvalue weighted by Crippen LogP contribution is -2.59. The minimum absolute atomic E-state index is 0.158. The standard InChI is InChI=1S/C31H45NSi2/c1-31(2,3)32-34(5,30-23-22-26-16-8-13-21-29(26)30)25-15-7-6-14-24-33(4,27-17-9-10-18-27)28-19-11-12-20-28/h8-9,11,13,16-23,30,32H,6-7,10,12,14-15,24-25H2,1-5H3. The fourth-order valence-electron chi connectivity index (χ4n) is 6.47. The van der Waals surface area contributed by atoms with Gasteiger partial charge < -0.3 is 4.98 Å². The van der Waals surface area contributed by atoms with Gasteiger partial charge in [0.25, 0.3) is 0 Å². The summed E-state index contributed by atoms with van der Waals surface area (Å²) in [6, 6.07) is 11.8. The van der Waals surface area contributed by atoms with Crippen molar-refractivity contribution in [1.82, 2.24) is 4.98 Å². The van der Waals surface area contributed by atoms with E-state index in [1.54, 1.807) is 16.0 Å². The summed E-state index contributed by atoms with van der Waals surface area (Å²) in [5, 5.41) is 3.35. The van der Waals surface area contributed by atoms with Gasteiger partial charge in [-0.3, -0.25) is 0 Å². The van der Waals surface area contributed by atoms with Gasteiger partial charge in [-0.25, -0.2) is 0 Å². The van der Waals surface area contributed by atoms with E-state index in [2.05, 4.69) is 112 Å². The first-order valence-corrected chi connectivity index (χ1v) is 19.0. The fraction of sp³-hybridized carbons (Fsp3) is 0.484. The lowest BCUT2D eigenvalue weighted by molar-refractivity contribution is 0.504. The van der Waals surface area contributed by atoms with Gasteiger partial charge in [0.2, 0.25) is 0 Å². The first-order chi connectivity index (χ1) is 16.2. The van der Waals surface area contributed by atoms with Gasteiger partial charge in [-0.1, -0.05) is 122 Å². The Morgan fingerprint density at radius 3 is 2.03 bits per heavy atom. The fourth-order valence-corrected chi connectivity index (χ4v) is 15.2. The molecular weight excluding hydrogens is 443 g/mol. The Balaban J connectivity index is 1.34. The molecule has 4 rings (SSSR count). The molecule has 0 aromatic heterocycles. The third-order valence-electron chi connectivity index (χ3n) is 8.09. The smallest absolute Gasteiger partial charge is 0.134 e. The summed E-state index contributed by atoms with van der Waals surface area (Å²) in [7, 11) is -3.24. The zero-order valence-electron chi connectivity index (χ0n) is 22.2. The molecule has 3 heteroatoms. The summed E-state index contributed by atoms with van der Waals surface area (Å²) >= 11 is 0. The average Bonchev–Trinajstić information content (AvgIpc) is 3.55. The molecule has 0 spiro atoms. The topological polar surface area (TPSA) is 12.0 Å². The largest absolute Gasteiger partial charge is 0.332 e. The van der Waals surface area contributed by atoms with Gasteiger partial charge in [0.05, 0.1) is 0 Å². The molecule has 3 aliphatic rings. The molecular formula is C31H45NSi2. The van der Waals surface area contributed by atoms with Crippen LogP contribution in [0.5, 0.6) is 0 Å². The van der Waals surface area contributed by atoms with Crippen LogP contribution in [0.4, 0.5) is 0 Å². The Bertz CT molecular complexity index is 990. The van der Waals surface area contributed by atoms with E-state index in [-0.39, 0.29) is 5.54 Å². The number of nitrogens with one attached hydrogen (secondary N) is 1. The zero-order valence-corrected chi connectivity index (χ0v) is 24.2. The van der Waals surface area contributed by atoms with Crippen molar-refractivity contribution in [2.45, 2.75) is 95.6 Å². The second-order valence-corrected chi connectivity index (χ2v) is 20.6. The van der Waals surface area contributed by atoms with Crippen molar-refractivity contribution in [3.63, 3.8) is 0 Å². The Morgan fingerprint density at radius 2 is 1.44 bits per heavy atom. The van der Waals surface area contributed by atoms with Gasteiger partial charge in [0, 0.05) is 11.1 Å². The summed E-state index contributed by atoms with van der Waals surface area (Å²) in [6.07, 6.45) is 27.1. The summed E-state index contributed by atoms with van der Waals surface area (Å²) in [5.41, 5.74) is 3.72. The lowest BCUT2D eigenvalue weighted by atomic mass is 10.1. The van der Waals surface area contributed by atoms with Crippen LogP contribution in [0.2, 0.25) is 25.2 Å². The molecule has 1 nitrogen and oxygen atoms in total. The molecule has 0 bridgehead atoms. The van der Waals surface area contributed by atoms with E-state index in [0.29, 0.717) is 5.54 Å². The quantitative estimate of drug-likeness (QED) is 0.243. The zero-order chi connectivity index (χ0) is 24.2. The van der Waals surface area contributed by atoms with Crippen LogP contribution in [0, 0.1) is 0 Å². The van der Waals surface area contributed by atoms with Crippen LogP contribution >= 0.6 is 0 Å². The Morgan fingerprint density at radius 1 is 0.824 bits per heavy atom. The maximum Gasteiger partial charge on any atom is 0.134 e. The first kappa shape index (κ1) is 25.4. The van der Waals surface area contributed by atoms with Gasteiger partial charge in [0.15, 0.2) is 0 Å². The van der Waals surface area contributed by atoms with Crippen molar-refractivity contribution in [1.29, 1.82) is 0 Å². The Kier molecular flexibility index (Phi) is 7.86. The van der Waals surface area contributed by atoms with Crippen molar-refractivity contribution in [3.8, 4) is 0 Å². The minimum Gasteiger partial charge on any atom is -0.332 e. The number of hydrogen-bond donors (Lipinski definition) is 1. The van der Waals surface area contributed by atoms with E-state index < -0.39 is 16.3 Å². The molecule has 1 N–H and O–H groups in total. The number of allylic oxidation sites excluding steroid dienone is 9. The van der Waals surface area contributed by atoms with Gasteiger partial charge in [0.1, 0.15) is 16.3 Å². The van der Waals surface area contributed by atoms with Crippen LogP contribution in [-0.4, -0.2) is 21.8 Å². The van der Waals surface area contributed by atoms with E-state index in [4.69, 9.17) is 0 Å². The summed E-state index contributed by atoms with van der Waals surface area (Å²) in [5.74, 6) is 0. The van der Waals surface area contributed by atoms with Crippen LogP contribution in [0.15, 0.2) is 77.2 Å². The van der Waals surface area contributed by atoms with Crippen LogP contribution in [0.1, 0.15) is 76.0 Å². The number of hydrogen-bond acceptors (Lipinski definition) is 1. The predicted octanol–water partition coefficient (Wildman–Crippen LogP) is 8.79. The van der Waals surface area contributed by atoms with Crippen LogP contribution < -0.4 is 4.98 Å². The second-order valence-electron chi connectivity index (χ2n) is 12.1. The monoisotopic (exact) mass is 487 g/mol. The van der Waals surface area contributed by atoms with Gasteiger partial charge >= 0.3 is 0 Å². The molecule has 0 saturated heterocycles. The molecule has 0 saturated carbocycles. The summed E-state index contributed by atoms with van der Waals surface area (Å²) in [6.45, 7) is 12.2. The second kappa shape index (κ2) is 10.5. The van der Waals surface area contributed by atoms with Gasteiger partial charge in [-0.15, -0.1) is 0 Å². The third-order valence-corrected chi connectivity index (χ3v) is 17.3. The molecule has 0 heterocycles. The van der Waals surface area contributed by atoms with Crippen molar-refractivity contribution in [2.75, 3.05) is 0 Å². The Hall–Kier alpha value is -1.69. The van der Waals surface area contributed by atoms with Crippen molar-refractivity contribution in [3.05, 3.63) is 88.3 Å². The molecule has 1 aromatic carbocycles. The SMILES string of the molecule is CC(C)(C)N[Si](C)(CCCCCC[Si](C)(C1=CCC=C1)C1=CCC=C1)C1C=Cc2ccccc21. The number of fused-ring (bicyclic) bond motifs is 1. The highest BCUT2D eigenvalue weighted by atomic mass is 28.3. The van der Waals surface area contributed by atoms with Gasteiger partial charge in [-0.05, 0) is 56.8 Å². The maximum absolute atomic E-state index is 4.17. The first-order valence-electron chi connectivity index (χ1n) is 13.5. The van der Waals surface area contributed by atoms with Crippen LogP contribution in [-0.2, 0) is 0 Å².